The van der Waals surface area contributed by atoms with Crippen molar-refractivity contribution >= 4 is 23.3 Å². The number of amides is 1. The van der Waals surface area contributed by atoms with Crippen LogP contribution < -0.4 is 10.1 Å². The van der Waals surface area contributed by atoms with Gasteiger partial charge in [-0.1, -0.05) is 29.8 Å². The molecule has 1 aliphatic heterocycles. The Bertz CT molecular complexity index is 951. The van der Waals surface area contributed by atoms with Crippen LogP contribution in [0.4, 0.5) is 5.82 Å². The zero-order chi connectivity index (χ0) is 17.4. The van der Waals surface area contributed by atoms with Gasteiger partial charge in [-0.3, -0.25) is 4.79 Å². The maximum atomic E-state index is 12.3. The molecule has 1 N–H and O–H groups in total. The summed E-state index contributed by atoms with van der Waals surface area (Å²) in [5.41, 5.74) is 2.81. The maximum absolute atomic E-state index is 12.3. The fraction of sp³-hybridized carbons (Fsp3) is 0.158. The Balaban J connectivity index is 1.81. The summed E-state index contributed by atoms with van der Waals surface area (Å²) in [6, 6.07) is 15.2. The molecular weight excluding hydrogens is 338 g/mol. The smallest absolute Gasteiger partial charge is 0.226 e. The molecule has 1 amide bonds. The van der Waals surface area contributed by atoms with E-state index in [1.165, 1.54) is 0 Å². The van der Waals surface area contributed by atoms with E-state index in [1.54, 1.807) is 24.1 Å². The van der Waals surface area contributed by atoms with E-state index in [0.717, 1.165) is 22.6 Å². The van der Waals surface area contributed by atoms with Crippen LogP contribution in [0.15, 0.2) is 54.7 Å². The normalized spacial score (nSPS) is 16.2. The summed E-state index contributed by atoms with van der Waals surface area (Å²) in [4.78, 5) is 12.3. The molecule has 0 unspecified atom stereocenters. The highest BCUT2D eigenvalue weighted by molar-refractivity contribution is 6.30. The van der Waals surface area contributed by atoms with Crippen LogP contribution >= 0.6 is 11.6 Å². The van der Waals surface area contributed by atoms with Gasteiger partial charge in [-0.2, -0.15) is 5.10 Å². The quantitative estimate of drug-likeness (QED) is 0.774. The molecule has 1 aliphatic rings. The van der Waals surface area contributed by atoms with Crippen LogP contribution in [0.5, 0.6) is 5.75 Å². The average Bonchev–Trinajstić information content (AvgIpc) is 3.04. The van der Waals surface area contributed by atoms with Gasteiger partial charge in [0.05, 0.1) is 19.0 Å². The molecule has 3 aromatic rings. The molecule has 0 fully saturated rings. The average molecular weight is 354 g/mol. The Hall–Kier alpha value is -2.79. The number of fused-ring (bicyclic) bond motifs is 1. The predicted molar refractivity (Wildman–Crippen MR) is 96.7 cm³/mol. The van der Waals surface area contributed by atoms with E-state index in [0.29, 0.717) is 17.3 Å². The molecule has 25 heavy (non-hydrogen) atoms. The number of nitrogens with one attached hydrogen (secondary N) is 1. The maximum Gasteiger partial charge on any atom is 0.226 e. The number of benzene rings is 2. The lowest BCUT2D eigenvalue weighted by molar-refractivity contribution is -0.116. The van der Waals surface area contributed by atoms with Crippen LogP contribution in [0.1, 0.15) is 23.5 Å². The number of carbonyl (C=O) groups excluding carboxylic acids is 1. The zero-order valence-electron chi connectivity index (χ0n) is 13.6. The monoisotopic (exact) mass is 353 g/mol. The van der Waals surface area contributed by atoms with Gasteiger partial charge in [-0.05, 0) is 35.9 Å². The van der Waals surface area contributed by atoms with Crippen LogP contribution in [-0.4, -0.2) is 22.8 Å². The van der Waals surface area contributed by atoms with E-state index >= 15 is 0 Å². The number of carbonyl (C=O) groups is 1. The number of halogens is 1. The van der Waals surface area contributed by atoms with Gasteiger partial charge in [-0.15, -0.1) is 0 Å². The van der Waals surface area contributed by atoms with E-state index < -0.39 is 0 Å². The molecule has 5 nitrogen and oxygen atoms in total. The van der Waals surface area contributed by atoms with Gasteiger partial charge >= 0.3 is 0 Å². The Labute approximate surface area is 150 Å². The number of ether oxygens (including phenoxy) is 1. The Morgan fingerprint density at radius 1 is 1.24 bits per heavy atom. The van der Waals surface area contributed by atoms with Crippen molar-refractivity contribution in [2.24, 2.45) is 0 Å². The van der Waals surface area contributed by atoms with Crippen molar-refractivity contribution in [2.45, 2.75) is 12.3 Å². The van der Waals surface area contributed by atoms with Crippen LogP contribution in [0, 0.1) is 0 Å². The van der Waals surface area contributed by atoms with Crippen LogP contribution in [0.2, 0.25) is 5.02 Å². The molecule has 0 saturated carbocycles. The molecule has 4 rings (SSSR count). The zero-order valence-corrected chi connectivity index (χ0v) is 14.3. The summed E-state index contributed by atoms with van der Waals surface area (Å²) >= 11 is 6.09. The van der Waals surface area contributed by atoms with Gasteiger partial charge in [0.2, 0.25) is 5.91 Å². The second-order valence-electron chi connectivity index (χ2n) is 5.92. The minimum atomic E-state index is -0.0632. The first-order valence-electron chi connectivity index (χ1n) is 7.93. The number of hydrogen-bond acceptors (Lipinski definition) is 3. The van der Waals surface area contributed by atoms with E-state index in [-0.39, 0.29) is 11.8 Å². The lowest BCUT2D eigenvalue weighted by atomic mass is 9.87. The molecule has 0 spiro atoms. The highest BCUT2D eigenvalue weighted by Gasteiger charge is 2.30. The van der Waals surface area contributed by atoms with Crippen LogP contribution in [-0.2, 0) is 4.79 Å². The van der Waals surface area contributed by atoms with Crippen molar-refractivity contribution in [3.8, 4) is 11.4 Å². The van der Waals surface area contributed by atoms with Gasteiger partial charge in [-0.25, -0.2) is 4.68 Å². The molecule has 0 saturated heterocycles. The van der Waals surface area contributed by atoms with E-state index in [9.17, 15) is 4.79 Å². The third-order valence-electron chi connectivity index (χ3n) is 4.37. The summed E-state index contributed by atoms with van der Waals surface area (Å²) in [5, 5.41) is 8.03. The molecule has 1 aromatic heterocycles. The molecule has 2 heterocycles. The molecule has 0 bridgehead atoms. The molecule has 6 heteroatoms. The van der Waals surface area contributed by atoms with Crippen LogP contribution in [0.3, 0.4) is 0 Å². The summed E-state index contributed by atoms with van der Waals surface area (Å²) in [7, 11) is 1.63. The summed E-state index contributed by atoms with van der Waals surface area (Å²) in [6.45, 7) is 0. The minimum Gasteiger partial charge on any atom is -0.497 e. The van der Waals surface area contributed by atoms with Crippen molar-refractivity contribution < 1.29 is 9.53 Å². The third kappa shape index (κ3) is 2.87. The second-order valence-corrected chi connectivity index (χ2v) is 6.36. The van der Waals surface area contributed by atoms with Crippen molar-refractivity contribution in [1.29, 1.82) is 0 Å². The predicted octanol–water partition coefficient (Wildman–Crippen LogP) is 4.01. The summed E-state index contributed by atoms with van der Waals surface area (Å²) in [6.07, 6.45) is 2.18. The Kier molecular flexibility index (Phi) is 3.93. The van der Waals surface area contributed by atoms with Gasteiger partial charge in [0.15, 0.2) is 0 Å². The summed E-state index contributed by atoms with van der Waals surface area (Å²) < 4.78 is 7.03. The van der Waals surface area contributed by atoms with E-state index in [1.807, 2.05) is 42.5 Å². The van der Waals surface area contributed by atoms with Gasteiger partial charge in [0, 0.05) is 22.9 Å². The van der Waals surface area contributed by atoms with Gasteiger partial charge in [0.1, 0.15) is 11.6 Å². The topological polar surface area (TPSA) is 56.1 Å². The standard InChI is InChI=1S/C19H16ClN3O2/c1-25-15-7-2-4-12(8-15)16-10-18(24)22-19-17(16)11-21-23(19)14-6-3-5-13(20)9-14/h2-9,11,16H,10H2,1H3,(H,22,24)/t16-/m1/s1. The third-order valence-corrected chi connectivity index (χ3v) is 4.60. The van der Waals surface area contributed by atoms with Crippen molar-refractivity contribution in [3.05, 3.63) is 70.9 Å². The fourth-order valence-electron chi connectivity index (χ4n) is 3.18. The first-order valence-corrected chi connectivity index (χ1v) is 8.31. The van der Waals surface area contributed by atoms with Gasteiger partial charge < -0.3 is 10.1 Å². The summed E-state index contributed by atoms with van der Waals surface area (Å²) in [5.74, 6) is 1.36. The molecular formula is C19H16ClN3O2. The largest absolute Gasteiger partial charge is 0.497 e. The first kappa shape index (κ1) is 15.7. The highest BCUT2D eigenvalue weighted by atomic mass is 35.5. The second kappa shape index (κ2) is 6.26. The number of rotatable bonds is 3. The number of aromatic nitrogens is 2. The molecule has 2 aromatic carbocycles. The molecule has 126 valence electrons. The number of hydrogen-bond donors (Lipinski definition) is 1. The fourth-order valence-corrected chi connectivity index (χ4v) is 3.36. The van der Waals surface area contributed by atoms with Crippen LogP contribution in [0.25, 0.3) is 5.69 Å². The number of anilines is 1. The molecule has 1 atom stereocenters. The minimum absolute atomic E-state index is 0.0379. The van der Waals surface area contributed by atoms with E-state index in [4.69, 9.17) is 16.3 Å². The SMILES string of the molecule is COc1cccc([C@H]2CC(=O)Nc3c2cnn3-c2cccc(Cl)c2)c1. The number of methoxy groups -OCH3 is 1. The van der Waals surface area contributed by atoms with E-state index in [2.05, 4.69) is 10.4 Å². The Morgan fingerprint density at radius 2 is 2.08 bits per heavy atom. The molecule has 0 aliphatic carbocycles. The van der Waals surface area contributed by atoms with Crippen molar-refractivity contribution in [2.75, 3.05) is 12.4 Å². The molecule has 0 radical (unpaired) electrons. The number of nitrogens with zero attached hydrogens (tertiary/aromatic N) is 2. The van der Waals surface area contributed by atoms with Gasteiger partial charge in [0.25, 0.3) is 0 Å². The first-order chi connectivity index (χ1) is 12.2. The highest BCUT2D eigenvalue weighted by Crippen LogP contribution is 2.39. The van der Waals surface area contributed by atoms with Crippen molar-refractivity contribution in [3.63, 3.8) is 0 Å². The Morgan fingerprint density at radius 3 is 2.88 bits per heavy atom. The lowest BCUT2D eigenvalue weighted by Crippen LogP contribution is -2.24. The lowest BCUT2D eigenvalue weighted by Gasteiger charge is -2.24. The van der Waals surface area contributed by atoms with Crippen molar-refractivity contribution in [1.82, 2.24) is 9.78 Å².